The lowest BCUT2D eigenvalue weighted by Crippen LogP contribution is -2.44. The zero-order valence-corrected chi connectivity index (χ0v) is 13.1. The van der Waals surface area contributed by atoms with Crippen LogP contribution in [0.5, 0.6) is 0 Å². The molecule has 0 aliphatic carbocycles. The van der Waals surface area contributed by atoms with Gasteiger partial charge in [0.05, 0.1) is 0 Å². The maximum Gasteiger partial charge on any atom is 0.279 e. The van der Waals surface area contributed by atoms with Crippen LogP contribution < -0.4 is 4.72 Å². The van der Waals surface area contributed by atoms with Gasteiger partial charge in [-0.3, -0.25) is 0 Å². The monoisotopic (exact) mass is 326 g/mol. The second kappa shape index (κ2) is 6.50. The van der Waals surface area contributed by atoms with E-state index in [0.717, 1.165) is 31.0 Å². The molecule has 0 amide bonds. The summed E-state index contributed by atoms with van der Waals surface area (Å²) in [5.74, 6) is 0. The predicted molar refractivity (Wildman–Crippen MR) is 74.5 cm³/mol. The zero-order chi connectivity index (χ0) is 12.9. The third-order valence-corrected chi connectivity index (χ3v) is 6.07. The van der Waals surface area contributed by atoms with E-state index in [1.54, 1.807) is 4.31 Å². The number of hydrogen-bond acceptors (Lipinski definition) is 2. The van der Waals surface area contributed by atoms with Crippen LogP contribution in [0, 0.1) is 5.41 Å². The second-order valence-corrected chi connectivity index (χ2v) is 7.75. The molecule has 0 atom stereocenters. The van der Waals surface area contributed by atoms with Gasteiger partial charge in [-0.05, 0) is 18.3 Å². The molecule has 1 aliphatic rings. The summed E-state index contributed by atoms with van der Waals surface area (Å²) in [7, 11) is -3.29. The summed E-state index contributed by atoms with van der Waals surface area (Å²) in [5, 5.41) is 0.780. The minimum Gasteiger partial charge on any atom is -0.202 e. The van der Waals surface area contributed by atoms with Gasteiger partial charge in [0.25, 0.3) is 10.2 Å². The molecule has 0 aromatic heterocycles. The summed E-state index contributed by atoms with van der Waals surface area (Å²) in [5.41, 5.74) is -0.0566. The maximum atomic E-state index is 12.1. The first-order valence-electron chi connectivity index (χ1n) is 6.18. The Balaban J connectivity index is 2.55. The van der Waals surface area contributed by atoms with E-state index in [1.807, 2.05) is 13.8 Å². The zero-order valence-electron chi connectivity index (χ0n) is 10.7. The smallest absolute Gasteiger partial charge is 0.202 e. The van der Waals surface area contributed by atoms with Crippen LogP contribution in [0.1, 0.15) is 39.5 Å². The fourth-order valence-electron chi connectivity index (χ4n) is 1.71. The van der Waals surface area contributed by atoms with Gasteiger partial charge in [-0.2, -0.15) is 12.7 Å². The Morgan fingerprint density at radius 2 is 1.71 bits per heavy atom. The van der Waals surface area contributed by atoms with Gasteiger partial charge in [-0.25, -0.2) is 4.72 Å². The number of rotatable bonds is 5. The molecule has 1 aliphatic heterocycles. The molecule has 1 rings (SSSR count). The van der Waals surface area contributed by atoms with Crippen LogP contribution in [0.25, 0.3) is 0 Å². The van der Waals surface area contributed by atoms with Crippen molar-refractivity contribution in [1.82, 2.24) is 9.03 Å². The molecule has 1 saturated heterocycles. The van der Waals surface area contributed by atoms with E-state index < -0.39 is 10.2 Å². The van der Waals surface area contributed by atoms with Gasteiger partial charge in [-0.15, -0.1) is 0 Å². The van der Waals surface area contributed by atoms with Crippen molar-refractivity contribution < 1.29 is 8.42 Å². The summed E-state index contributed by atoms with van der Waals surface area (Å²) in [4.78, 5) is 0. The quantitative estimate of drug-likeness (QED) is 0.787. The van der Waals surface area contributed by atoms with Crippen LogP contribution in [0.2, 0.25) is 0 Å². The van der Waals surface area contributed by atoms with Gasteiger partial charge >= 0.3 is 0 Å². The van der Waals surface area contributed by atoms with Crippen molar-refractivity contribution in [3.63, 3.8) is 0 Å². The average molecular weight is 327 g/mol. The molecule has 102 valence electrons. The Morgan fingerprint density at radius 3 is 2.18 bits per heavy atom. The molecular weight excluding hydrogens is 304 g/mol. The molecule has 0 spiro atoms. The minimum atomic E-state index is -3.29. The summed E-state index contributed by atoms with van der Waals surface area (Å²) in [6.07, 6.45) is 4.23. The van der Waals surface area contributed by atoms with E-state index in [0.29, 0.717) is 19.6 Å². The van der Waals surface area contributed by atoms with Gasteiger partial charge < -0.3 is 0 Å². The molecule has 0 saturated carbocycles. The molecule has 1 N–H and O–H groups in total. The van der Waals surface area contributed by atoms with E-state index in [2.05, 4.69) is 20.7 Å². The standard InChI is InChI=1S/C11H23BrN2O2S/c1-11(2,9-12)10-13-17(15,16)14-7-5-3-4-6-8-14/h13H,3-10H2,1-2H3. The lowest BCUT2D eigenvalue weighted by molar-refractivity contribution is 0.385. The highest BCUT2D eigenvalue weighted by Gasteiger charge is 2.25. The minimum absolute atomic E-state index is 0.0566. The molecule has 4 nitrogen and oxygen atoms in total. The van der Waals surface area contributed by atoms with Crippen molar-refractivity contribution in [2.24, 2.45) is 5.41 Å². The van der Waals surface area contributed by atoms with Gasteiger partial charge in [-0.1, -0.05) is 42.6 Å². The predicted octanol–water partition coefficient (Wildman–Crippen LogP) is 2.12. The van der Waals surface area contributed by atoms with Gasteiger partial charge in [0.1, 0.15) is 0 Å². The van der Waals surface area contributed by atoms with Crippen LogP contribution in [-0.2, 0) is 10.2 Å². The lowest BCUT2D eigenvalue weighted by Gasteiger charge is -2.25. The summed E-state index contributed by atoms with van der Waals surface area (Å²) < 4.78 is 28.5. The fourth-order valence-corrected chi connectivity index (χ4v) is 3.40. The van der Waals surface area contributed by atoms with Crippen LogP contribution >= 0.6 is 15.9 Å². The molecule has 0 aromatic carbocycles. The molecule has 0 radical (unpaired) electrons. The topological polar surface area (TPSA) is 49.4 Å². The van der Waals surface area contributed by atoms with E-state index >= 15 is 0 Å². The van der Waals surface area contributed by atoms with Crippen molar-refractivity contribution >= 4 is 26.1 Å². The van der Waals surface area contributed by atoms with Crippen LogP contribution in [0.4, 0.5) is 0 Å². The van der Waals surface area contributed by atoms with Gasteiger partial charge in [0.2, 0.25) is 0 Å². The number of halogens is 1. The molecule has 0 aromatic rings. The average Bonchev–Trinajstić information content (AvgIpc) is 2.56. The van der Waals surface area contributed by atoms with Crippen LogP contribution in [0.3, 0.4) is 0 Å². The molecule has 1 heterocycles. The molecule has 1 fully saturated rings. The normalized spacial score (nSPS) is 20.2. The van der Waals surface area contributed by atoms with E-state index in [-0.39, 0.29) is 5.41 Å². The SMILES string of the molecule is CC(C)(CBr)CNS(=O)(=O)N1CCCCCC1. The van der Waals surface area contributed by atoms with E-state index in [4.69, 9.17) is 0 Å². The second-order valence-electron chi connectivity index (χ2n) is 5.44. The number of alkyl halides is 1. The first-order valence-corrected chi connectivity index (χ1v) is 8.74. The Bertz CT molecular complexity index is 322. The summed E-state index contributed by atoms with van der Waals surface area (Å²) >= 11 is 3.40. The highest BCUT2D eigenvalue weighted by molar-refractivity contribution is 9.09. The third-order valence-electron chi connectivity index (χ3n) is 3.00. The molecule has 17 heavy (non-hydrogen) atoms. The van der Waals surface area contributed by atoms with Crippen LogP contribution in [0.15, 0.2) is 0 Å². The van der Waals surface area contributed by atoms with Crippen LogP contribution in [-0.4, -0.2) is 37.7 Å². The Hall–Kier alpha value is 0.350. The third kappa shape index (κ3) is 5.24. The first-order chi connectivity index (χ1) is 7.87. The Kier molecular flexibility index (Phi) is 5.89. The van der Waals surface area contributed by atoms with Gasteiger partial charge in [0.15, 0.2) is 0 Å². The lowest BCUT2D eigenvalue weighted by atomic mass is 9.98. The van der Waals surface area contributed by atoms with Crippen molar-refractivity contribution in [3.8, 4) is 0 Å². The van der Waals surface area contributed by atoms with Gasteiger partial charge in [0, 0.05) is 25.0 Å². The van der Waals surface area contributed by atoms with Crippen molar-refractivity contribution in [3.05, 3.63) is 0 Å². The van der Waals surface area contributed by atoms with Crippen molar-refractivity contribution in [2.75, 3.05) is 25.0 Å². The van der Waals surface area contributed by atoms with E-state index in [1.165, 1.54) is 0 Å². The Morgan fingerprint density at radius 1 is 1.18 bits per heavy atom. The highest BCUT2D eigenvalue weighted by atomic mass is 79.9. The van der Waals surface area contributed by atoms with E-state index in [9.17, 15) is 8.42 Å². The number of nitrogens with one attached hydrogen (secondary N) is 1. The largest absolute Gasteiger partial charge is 0.279 e. The van der Waals surface area contributed by atoms with Crippen molar-refractivity contribution in [2.45, 2.75) is 39.5 Å². The molecule has 0 bridgehead atoms. The molecular formula is C11H23BrN2O2S. The maximum absolute atomic E-state index is 12.1. The first kappa shape index (κ1) is 15.4. The Labute approximate surface area is 113 Å². The summed E-state index contributed by atoms with van der Waals surface area (Å²) in [6, 6.07) is 0. The fraction of sp³-hybridized carbons (Fsp3) is 1.00. The number of hydrogen-bond donors (Lipinski definition) is 1. The summed E-state index contributed by atoms with van der Waals surface area (Å²) in [6.45, 7) is 5.85. The molecule has 6 heteroatoms. The molecule has 0 unspecified atom stereocenters. The highest BCUT2D eigenvalue weighted by Crippen LogP contribution is 2.18. The number of nitrogens with zero attached hydrogens (tertiary/aromatic N) is 1. The van der Waals surface area contributed by atoms with Crippen molar-refractivity contribution in [1.29, 1.82) is 0 Å².